The van der Waals surface area contributed by atoms with Crippen LogP contribution in [0.2, 0.25) is 0 Å². The Balaban J connectivity index is 1.25. The van der Waals surface area contributed by atoms with E-state index in [1.807, 2.05) is 6.07 Å². The lowest BCUT2D eigenvalue weighted by Gasteiger charge is -2.34. The summed E-state index contributed by atoms with van der Waals surface area (Å²) in [5.74, 6) is 0.788. The Kier molecular flexibility index (Phi) is 5.81. The van der Waals surface area contributed by atoms with E-state index in [4.69, 9.17) is 0 Å². The summed E-state index contributed by atoms with van der Waals surface area (Å²) in [5.41, 5.74) is -0.176. The van der Waals surface area contributed by atoms with Crippen LogP contribution in [0.5, 0.6) is 0 Å². The van der Waals surface area contributed by atoms with Crippen LogP contribution < -0.4 is 10.5 Å². The standard InChI is InChI=1S/C19H22N6O3S/c26-18-16-14-15(25(27)28)4-5-17(16)29-24(18)9-2-1-8-22-10-12-23(13-11-22)19-20-6-3-7-21-19/h3-7,14H,1-2,8-13H2. The first kappa shape index (κ1) is 19.5. The molecule has 152 valence electrons. The minimum absolute atomic E-state index is 0.0420. The summed E-state index contributed by atoms with van der Waals surface area (Å²) in [6.07, 6.45) is 5.44. The van der Waals surface area contributed by atoms with Gasteiger partial charge in [-0.1, -0.05) is 11.5 Å². The third-order valence-electron chi connectivity index (χ3n) is 5.13. The maximum atomic E-state index is 12.5. The predicted octanol–water partition coefficient (Wildman–Crippen LogP) is 2.36. The third-order valence-corrected chi connectivity index (χ3v) is 6.25. The number of unbranched alkanes of at least 4 members (excludes halogenated alkanes) is 1. The smallest absolute Gasteiger partial charge is 0.270 e. The van der Waals surface area contributed by atoms with Crippen LogP contribution in [0.15, 0.2) is 41.5 Å². The highest BCUT2D eigenvalue weighted by Crippen LogP contribution is 2.22. The largest absolute Gasteiger partial charge is 0.338 e. The summed E-state index contributed by atoms with van der Waals surface area (Å²) in [7, 11) is 0. The van der Waals surface area contributed by atoms with Gasteiger partial charge in [0.2, 0.25) is 5.95 Å². The fraction of sp³-hybridized carbons (Fsp3) is 0.421. The maximum Gasteiger partial charge on any atom is 0.270 e. The summed E-state index contributed by atoms with van der Waals surface area (Å²) >= 11 is 1.38. The molecule has 1 aliphatic rings. The molecule has 2 aromatic heterocycles. The summed E-state index contributed by atoms with van der Waals surface area (Å²) in [6.45, 7) is 5.42. The lowest BCUT2D eigenvalue weighted by molar-refractivity contribution is -0.384. The van der Waals surface area contributed by atoms with Gasteiger partial charge in [0, 0.05) is 57.3 Å². The van der Waals surface area contributed by atoms with Crippen molar-refractivity contribution in [3.8, 4) is 0 Å². The number of fused-ring (bicyclic) bond motifs is 1. The molecule has 9 nitrogen and oxygen atoms in total. The van der Waals surface area contributed by atoms with Crippen LogP contribution in [0.1, 0.15) is 12.8 Å². The highest BCUT2D eigenvalue weighted by molar-refractivity contribution is 7.13. The molecule has 0 amide bonds. The monoisotopic (exact) mass is 414 g/mol. The Hall–Kier alpha value is -2.85. The van der Waals surface area contributed by atoms with Gasteiger partial charge in [-0.25, -0.2) is 9.97 Å². The molecule has 0 atom stereocenters. The van der Waals surface area contributed by atoms with E-state index < -0.39 is 4.92 Å². The number of nitrogens with zero attached hydrogens (tertiary/aromatic N) is 6. The fourth-order valence-electron chi connectivity index (χ4n) is 3.54. The van der Waals surface area contributed by atoms with Crippen molar-refractivity contribution in [2.45, 2.75) is 19.4 Å². The number of aromatic nitrogens is 3. The van der Waals surface area contributed by atoms with Crippen LogP contribution in [0, 0.1) is 10.1 Å². The third kappa shape index (κ3) is 4.43. The minimum atomic E-state index is -0.468. The first-order valence-electron chi connectivity index (χ1n) is 9.64. The molecule has 0 N–H and O–H groups in total. The second kappa shape index (κ2) is 8.66. The van der Waals surface area contributed by atoms with Gasteiger partial charge in [-0.05, 0) is 31.5 Å². The van der Waals surface area contributed by atoms with Crippen molar-refractivity contribution >= 4 is 33.3 Å². The predicted molar refractivity (Wildman–Crippen MR) is 113 cm³/mol. The molecular weight excluding hydrogens is 392 g/mol. The van der Waals surface area contributed by atoms with Crippen molar-refractivity contribution < 1.29 is 4.92 Å². The van der Waals surface area contributed by atoms with Crippen molar-refractivity contribution in [2.75, 3.05) is 37.6 Å². The zero-order valence-electron chi connectivity index (χ0n) is 15.9. The van der Waals surface area contributed by atoms with E-state index in [9.17, 15) is 14.9 Å². The first-order chi connectivity index (χ1) is 14.1. The average Bonchev–Trinajstić information content (AvgIpc) is 3.07. The van der Waals surface area contributed by atoms with Crippen LogP contribution in [-0.2, 0) is 6.54 Å². The number of rotatable bonds is 7. The number of nitro groups is 1. The van der Waals surface area contributed by atoms with Gasteiger partial charge in [-0.2, -0.15) is 0 Å². The van der Waals surface area contributed by atoms with Gasteiger partial charge in [-0.15, -0.1) is 0 Å². The van der Waals surface area contributed by atoms with E-state index in [0.717, 1.165) is 56.2 Å². The number of piperazine rings is 1. The molecule has 1 aromatic carbocycles. The molecule has 3 heterocycles. The normalized spacial score (nSPS) is 15.1. The van der Waals surface area contributed by atoms with Gasteiger partial charge in [-0.3, -0.25) is 23.8 Å². The van der Waals surface area contributed by atoms with Crippen molar-refractivity contribution in [1.82, 2.24) is 18.8 Å². The minimum Gasteiger partial charge on any atom is -0.338 e. The van der Waals surface area contributed by atoms with Gasteiger partial charge < -0.3 is 4.90 Å². The number of aryl methyl sites for hydroxylation is 1. The number of hydrogen-bond acceptors (Lipinski definition) is 8. The first-order valence-corrected chi connectivity index (χ1v) is 10.4. The van der Waals surface area contributed by atoms with E-state index in [0.29, 0.717) is 11.9 Å². The number of anilines is 1. The van der Waals surface area contributed by atoms with Gasteiger partial charge in [0.1, 0.15) is 0 Å². The summed E-state index contributed by atoms with van der Waals surface area (Å²) in [4.78, 5) is 36.2. The highest BCUT2D eigenvalue weighted by atomic mass is 32.1. The van der Waals surface area contributed by atoms with E-state index >= 15 is 0 Å². The Bertz CT molecular complexity index is 1040. The highest BCUT2D eigenvalue weighted by Gasteiger charge is 2.18. The molecule has 0 aliphatic carbocycles. The molecule has 10 heteroatoms. The van der Waals surface area contributed by atoms with Crippen LogP contribution in [0.3, 0.4) is 0 Å². The van der Waals surface area contributed by atoms with Crippen LogP contribution >= 0.6 is 11.5 Å². The van der Waals surface area contributed by atoms with Gasteiger partial charge in [0.15, 0.2) is 0 Å². The molecule has 3 aromatic rings. The Morgan fingerprint density at radius 2 is 1.79 bits per heavy atom. The number of hydrogen-bond donors (Lipinski definition) is 0. The molecule has 0 radical (unpaired) electrons. The fourth-order valence-corrected chi connectivity index (χ4v) is 4.55. The van der Waals surface area contributed by atoms with Gasteiger partial charge >= 0.3 is 0 Å². The Morgan fingerprint density at radius 3 is 2.52 bits per heavy atom. The van der Waals surface area contributed by atoms with Gasteiger partial charge in [0.05, 0.1) is 15.0 Å². The lowest BCUT2D eigenvalue weighted by atomic mass is 10.2. The van der Waals surface area contributed by atoms with E-state index in [1.54, 1.807) is 22.4 Å². The molecule has 29 heavy (non-hydrogen) atoms. The van der Waals surface area contributed by atoms with E-state index in [1.165, 1.54) is 23.7 Å². The molecule has 0 unspecified atom stereocenters. The molecule has 0 saturated carbocycles. The Morgan fingerprint density at radius 1 is 1.07 bits per heavy atom. The summed E-state index contributed by atoms with van der Waals surface area (Å²) in [6, 6.07) is 6.30. The Labute approximate surface area is 171 Å². The second-order valence-corrected chi connectivity index (χ2v) is 8.08. The topological polar surface area (TPSA) is 97.4 Å². The van der Waals surface area contributed by atoms with Gasteiger partial charge in [0.25, 0.3) is 11.2 Å². The molecule has 4 rings (SSSR count). The molecule has 1 fully saturated rings. The van der Waals surface area contributed by atoms with Crippen LogP contribution in [-0.4, -0.2) is 56.5 Å². The van der Waals surface area contributed by atoms with Crippen LogP contribution in [0.4, 0.5) is 11.6 Å². The SMILES string of the molecule is O=c1c2cc([N+](=O)[O-])ccc2sn1CCCCN1CCN(c2ncccn2)CC1. The average molecular weight is 414 g/mol. The quantitative estimate of drug-likeness (QED) is 0.333. The van der Waals surface area contributed by atoms with Crippen LogP contribution in [0.25, 0.3) is 10.1 Å². The number of non-ortho nitro benzene ring substituents is 1. The second-order valence-electron chi connectivity index (χ2n) is 7.02. The van der Waals surface area contributed by atoms with Crippen molar-refractivity contribution in [3.63, 3.8) is 0 Å². The summed E-state index contributed by atoms with van der Waals surface area (Å²) in [5, 5.41) is 11.3. The van der Waals surface area contributed by atoms with Crippen molar-refractivity contribution in [1.29, 1.82) is 0 Å². The zero-order chi connectivity index (χ0) is 20.2. The van der Waals surface area contributed by atoms with Crippen molar-refractivity contribution in [2.24, 2.45) is 0 Å². The molecule has 1 aliphatic heterocycles. The van der Waals surface area contributed by atoms with E-state index in [-0.39, 0.29) is 11.2 Å². The number of benzene rings is 1. The summed E-state index contributed by atoms with van der Waals surface area (Å²) < 4.78 is 2.50. The lowest BCUT2D eigenvalue weighted by Crippen LogP contribution is -2.47. The zero-order valence-corrected chi connectivity index (χ0v) is 16.8. The molecule has 1 saturated heterocycles. The van der Waals surface area contributed by atoms with E-state index in [2.05, 4.69) is 19.8 Å². The molecule has 0 bridgehead atoms. The maximum absolute atomic E-state index is 12.5. The number of nitro benzene ring substituents is 1. The van der Waals surface area contributed by atoms with Crippen molar-refractivity contribution in [3.05, 3.63) is 57.1 Å². The molecular formula is C19H22N6O3S. The molecule has 0 spiro atoms.